The van der Waals surface area contributed by atoms with Crippen molar-refractivity contribution in [1.29, 1.82) is 0 Å². The summed E-state index contributed by atoms with van der Waals surface area (Å²) in [6.07, 6.45) is 8.75. The molecule has 1 amide bonds. The fourth-order valence-corrected chi connectivity index (χ4v) is 5.62. The number of pyridine rings is 1. The molecule has 3 unspecified atom stereocenters. The molecule has 4 aliphatic rings. The van der Waals surface area contributed by atoms with Crippen molar-refractivity contribution in [3.8, 4) is 0 Å². The molecule has 4 bridgehead atoms. The Bertz CT molecular complexity index is 820. The molecule has 5 atom stereocenters. The van der Waals surface area contributed by atoms with Crippen LogP contribution in [0.4, 0.5) is 0 Å². The molecule has 2 heterocycles. The van der Waals surface area contributed by atoms with Crippen LogP contribution in [-0.4, -0.2) is 32.3 Å². The van der Waals surface area contributed by atoms with Gasteiger partial charge in [-0.15, -0.1) is 17.0 Å². The lowest BCUT2D eigenvalue weighted by atomic mass is 9.52. The van der Waals surface area contributed by atoms with Gasteiger partial charge < -0.3 is 16.3 Å². The Balaban J connectivity index is 0.00000157. The van der Waals surface area contributed by atoms with Gasteiger partial charge in [-0.2, -0.15) is 0 Å². The summed E-state index contributed by atoms with van der Waals surface area (Å²) in [5.74, 6) is 1.30. The van der Waals surface area contributed by atoms with Crippen LogP contribution >= 0.6 is 17.0 Å². The van der Waals surface area contributed by atoms with Gasteiger partial charge in [0.05, 0.1) is 11.2 Å². The average molecular weight is 407 g/mol. The van der Waals surface area contributed by atoms with Gasteiger partial charge in [-0.05, 0) is 62.0 Å². The largest absolute Gasteiger partial charge is 0.390 e. The number of hydrogen-bond acceptors (Lipinski definition) is 4. The highest BCUT2D eigenvalue weighted by Gasteiger charge is 2.54. The van der Waals surface area contributed by atoms with Gasteiger partial charge in [0.2, 0.25) is 5.91 Å². The SMILES string of the molecule is Br.NC(=O)c1cnc2c(ccn2NC2[C@@H]3CC4C[C@H]2CC(O)(C4)C3)c1. The molecule has 4 aliphatic carbocycles. The highest BCUT2D eigenvalue weighted by molar-refractivity contribution is 8.93. The second kappa shape index (κ2) is 5.71. The van der Waals surface area contributed by atoms with Crippen LogP contribution in [0.5, 0.6) is 0 Å². The van der Waals surface area contributed by atoms with Crippen molar-refractivity contribution >= 4 is 33.9 Å². The van der Waals surface area contributed by atoms with E-state index < -0.39 is 11.5 Å². The van der Waals surface area contributed by atoms with E-state index in [4.69, 9.17) is 5.73 Å². The third kappa shape index (κ3) is 2.64. The Morgan fingerprint density at radius 1 is 1.32 bits per heavy atom. The van der Waals surface area contributed by atoms with Gasteiger partial charge in [-0.1, -0.05) is 0 Å². The molecule has 2 aromatic rings. The third-order valence-electron chi connectivity index (χ3n) is 6.34. The van der Waals surface area contributed by atoms with Gasteiger partial charge in [-0.3, -0.25) is 4.79 Å². The second-order valence-electron chi connectivity index (χ2n) is 8.04. The maximum absolute atomic E-state index is 11.3. The summed E-state index contributed by atoms with van der Waals surface area (Å²) in [4.78, 5) is 15.7. The van der Waals surface area contributed by atoms with E-state index in [1.165, 1.54) is 19.0 Å². The van der Waals surface area contributed by atoms with Crippen molar-refractivity contribution in [1.82, 2.24) is 9.66 Å². The fourth-order valence-electron chi connectivity index (χ4n) is 5.62. The summed E-state index contributed by atoms with van der Waals surface area (Å²) in [6, 6.07) is 4.11. The first-order chi connectivity index (χ1) is 11.5. The topological polar surface area (TPSA) is 93.2 Å². The monoisotopic (exact) mass is 406 g/mol. The lowest BCUT2D eigenvalue weighted by Gasteiger charge is -2.58. The minimum absolute atomic E-state index is 0. The average Bonchev–Trinajstić information content (AvgIpc) is 2.91. The fraction of sp³-hybridized carbons (Fsp3) is 0.556. The van der Waals surface area contributed by atoms with Crippen molar-refractivity contribution < 1.29 is 9.90 Å². The number of carbonyl (C=O) groups is 1. The van der Waals surface area contributed by atoms with Gasteiger partial charge >= 0.3 is 0 Å². The number of nitrogens with zero attached hydrogens (tertiary/aromatic N) is 2. The van der Waals surface area contributed by atoms with E-state index in [-0.39, 0.29) is 17.0 Å². The van der Waals surface area contributed by atoms with Gasteiger partial charge in [0.1, 0.15) is 0 Å². The lowest BCUT2D eigenvalue weighted by Crippen LogP contribution is -2.60. The molecule has 6 rings (SSSR count). The molecule has 4 fully saturated rings. The van der Waals surface area contributed by atoms with Gasteiger partial charge in [0.15, 0.2) is 5.65 Å². The molecule has 4 N–H and O–H groups in total. The molecular weight excluding hydrogens is 384 g/mol. The van der Waals surface area contributed by atoms with E-state index in [2.05, 4.69) is 10.4 Å². The molecular formula is C18H23BrN4O2. The van der Waals surface area contributed by atoms with E-state index in [0.29, 0.717) is 29.4 Å². The van der Waals surface area contributed by atoms with Crippen LogP contribution in [0.25, 0.3) is 11.0 Å². The summed E-state index contributed by atoms with van der Waals surface area (Å²) >= 11 is 0. The zero-order chi connectivity index (χ0) is 16.5. The lowest BCUT2D eigenvalue weighted by molar-refractivity contribution is -0.131. The number of hydrogen-bond donors (Lipinski definition) is 3. The van der Waals surface area contributed by atoms with Crippen LogP contribution in [0.2, 0.25) is 0 Å². The number of aliphatic hydroxyl groups is 1. The molecule has 0 saturated heterocycles. The van der Waals surface area contributed by atoms with E-state index in [0.717, 1.165) is 30.3 Å². The molecule has 2 aromatic heterocycles. The Morgan fingerprint density at radius 2 is 2.04 bits per heavy atom. The molecule has 0 radical (unpaired) electrons. The van der Waals surface area contributed by atoms with Crippen molar-refractivity contribution in [2.45, 2.75) is 43.7 Å². The number of amides is 1. The van der Waals surface area contributed by atoms with Crippen LogP contribution in [-0.2, 0) is 0 Å². The molecule has 134 valence electrons. The quantitative estimate of drug-likeness (QED) is 0.727. The summed E-state index contributed by atoms with van der Waals surface area (Å²) in [5.41, 5.74) is 9.79. The Hall–Kier alpha value is -1.60. The normalized spacial score (nSPS) is 35.6. The van der Waals surface area contributed by atoms with Gasteiger partial charge in [0, 0.05) is 23.8 Å². The highest BCUT2D eigenvalue weighted by atomic mass is 79.9. The number of nitrogens with two attached hydrogens (primary N) is 1. The van der Waals surface area contributed by atoms with Crippen LogP contribution in [0.3, 0.4) is 0 Å². The Morgan fingerprint density at radius 3 is 2.68 bits per heavy atom. The van der Waals surface area contributed by atoms with E-state index >= 15 is 0 Å². The van der Waals surface area contributed by atoms with Crippen LogP contribution in [0.1, 0.15) is 42.5 Å². The smallest absolute Gasteiger partial charge is 0.250 e. The van der Waals surface area contributed by atoms with E-state index in [1.54, 1.807) is 6.07 Å². The van der Waals surface area contributed by atoms with Crippen LogP contribution in [0, 0.1) is 17.8 Å². The summed E-state index contributed by atoms with van der Waals surface area (Å²) in [6.45, 7) is 0. The number of rotatable bonds is 3. The van der Waals surface area contributed by atoms with Crippen molar-refractivity contribution in [2.75, 3.05) is 5.43 Å². The first-order valence-corrected chi connectivity index (χ1v) is 8.77. The van der Waals surface area contributed by atoms with E-state index in [9.17, 15) is 9.90 Å². The van der Waals surface area contributed by atoms with Gasteiger partial charge in [0.25, 0.3) is 0 Å². The van der Waals surface area contributed by atoms with Gasteiger partial charge in [-0.25, -0.2) is 9.66 Å². The first-order valence-electron chi connectivity index (χ1n) is 8.77. The summed E-state index contributed by atoms with van der Waals surface area (Å²) in [7, 11) is 0. The van der Waals surface area contributed by atoms with Crippen LogP contribution < -0.4 is 11.2 Å². The minimum Gasteiger partial charge on any atom is -0.390 e. The first kappa shape index (κ1) is 16.8. The van der Waals surface area contributed by atoms with E-state index in [1.807, 2.05) is 16.9 Å². The standard InChI is InChI=1S/C18H22N4O2.BrH/c19-16(23)14-5-11-1-2-22(17(11)20-9-14)21-15-12-3-10-4-13(15)8-18(24,6-10)7-12;/h1-2,5,9-10,12-13,15,21,24H,3-4,6-8H2,(H2,19,23);1H/t10?,12-,13+,15?,18?;. The number of fused-ring (bicyclic) bond motifs is 1. The highest BCUT2D eigenvalue weighted by Crippen LogP contribution is 2.55. The molecule has 0 aliphatic heterocycles. The summed E-state index contributed by atoms with van der Waals surface area (Å²) in [5, 5.41) is 11.6. The predicted molar refractivity (Wildman–Crippen MR) is 100 cm³/mol. The predicted octanol–water partition coefficient (Wildman–Crippen LogP) is 2.20. The second-order valence-corrected chi connectivity index (χ2v) is 8.04. The number of carbonyl (C=O) groups excluding carboxylic acids is 1. The molecule has 7 heteroatoms. The molecule has 25 heavy (non-hydrogen) atoms. The van der Waals surface area contributed by atoms with Crippen LogP contribution in [0.15, 0.2) is 24.5 Å². The number of nitrogens with one attached hydrogen (secondary N) is 1. The number of aromatic nitrogens is 2. The third-order valence-corrected chi connectivity index (χ3v) is 6.34. The summed E-state index contributed by atoms with van der Waals surface area (Å²) < 4.78 is 1.97. The van der Waals surface area contributed by atoms with Crippen molar-refractivity contribution in [2.24, 2.45) is 23.5 Å². The maximum atomic E-state index is 11.3. The maximum Gasteiger partial charge on any atom is 0.250 e. The zero-order valence-electron chi connectivity index (χ0n) is 13.9. The van der Waals surface area contributed by atoms with Crippen molar-refractivity contribution in [3.63, 3.8) is 0 Å². The number of halogens is 1. The zero-order valence-corrected chi connectivity index (χ0v) is 15.6. The molecule has 0 spiro atoms. The minimum atomic E-state index is -0.459. The Labute approximate surface area is 156 Å². The molecule has 6 nitrogen and oxygen atoms in total. The molecule has 4 saturated carbocycles. The number of primary amides is 1. The Kier molecular flexibility index (Phi) is 3.85. The molecule has 0 aromatic carbocycles. The van der Waals surface area contributed by atoms with Crippen molar-refractivity contribution in [3.05, 3.63) is 30.1 Å².